The van der Waals surface area contributed by atoms with Crippen molar-refractivity contribution in [3.63, 3.8) is 0 Å². The summed E-state index contributed by atoms with van der Waals surface area (Å²) >= 11 is 6.15. The summed E-state index contributed by atoms with van der Waals surface area (Å²) in [5.41, 5.74) is 2.63. The molecule has 26 heavy (non-hydrogen) atoms. The van der Waals surface area contributed by atoms with Gasteiger partial charge in [0.25, 0.3) is 10.0 Å². The van der Waals surface area contributed by atoms with Crippen molar-refractivity contribution in [3.05, 3.63) is 52.8 Å². The number of hydrazone groups is 1. The molecule has 0 saturated heterocycles. The molecule has 138 valence electrons. The van der Waals surface area contributed by atoms with Crippen molar-refractivity contribution in [3.8, 4) is 11.1 Å². The van der Waals surface area contributed by atoms with Crippen molar-refractivity contribution in [1.82, 2.24) is 4.83 Å². The number of nitrogens with one attached hydrogen (secondary N) is 1. The number of aryl methyl sites for hydroxylation is 1. The van der Waals surface area contributed by atoms with E-state index in [2.05, 4.69) is 9.93 Å². The molecule has 0 radical (unpaired) electrons. The third-order valence-electron chi connectivity index (χ3n) is 4.40. The lowest BCUT2D eigenvalue weighted by Gasteiger charge is -2.15. The first-order valence-electron chi connectivity index (χ1n) is 8.50. The van der Waals surface area contributed by atoms with Crippen molar-refractivity contribution >= 4 is 27.3 Å². The van der Waals surface area contributed by atoms with Gasteiger partial charge in [0.2, 0.25) is 0 Å². The van der Waals surface area contributed by atoms with Crippen LogP contribution in [0.15, 0.2) is 46.4 Å². The highest BCUT2D eigenvalue weighted by molar-refractivity contribution is 7.89. The van der Waals surface area contributed by atoms with E-state index in [9.17, 15) is 12.8 Å². The van der Waals surface area contributed by atoms with Gasteiger partial charge in [-0.3, -0.25) is 0 Å². The van der Waals surface area contributed by atoms with E-state index in [0.717, 1.165) is 43.4 Å². The van der Waals surface area contributed by atoms with E-state index >= 15 is 0 Å². The lowest BCUT2D eigenvalue weighted by atomic mass is 9.99. The van der Waals surface area contributed by atoms with E-state index in [1.807, 2.05) is 6.92 Å². The molecule has 1 aliphatic carbocycles. The summed E-state index contributed by atoms with van der Waals surface area (Å²) in [4.78, 5) is 2.41. The maximum Gasteiger partial charge on any atom is 0.277 e. The van der Waals surface area contributed by atoms with Gasteiger partial charge >= 0.3 is 0 Å². The smallest absolute Gasteiger partial charge is 0.207 e. The molecule has 1 fully saturated rings. The van der Waals surface area contributed by atoms with Crippen LogP contribution in [0.5, 0.6) is 0 Å². The van der Waals surface area contributed by atoms with E-state index < -0.39 is 15.8 Å². The SMILES string of the molecule is Cc1ccc(S(=O)(=O)NN=C2CCCCC2)c(-c2ccc(F)cc2Cl)c1. The fourth-order valence-electron chi connectivity index (χ4n) is 3.04. The number of sulfonamides is 1. The fourth-order valence-corrected chi connectivity index (χ4v) is 4.36. The van der Waals surface area contributed by atoms with Gasteiger partial charge in [-0.05, 0) is 56.9 Å². The van der Waals surface area contributed by atoms with E-state index in [1.165, 1.54) is 24.3 Å². The number of halogens is 2. The van der Waals surface area contributed by atoms with Crippen molar-refractivity contribution in [1.29, 1.82) is 0 Å². The highest BCUT2D eigenvalue weighted by Gasteiger charge is 2.21. The lowest BCUT2D eigenvalue weighted by molar-refractivity contribution is 0.583. The lowest BCUT2D eigenvalue weighted by Crippen LogP contribution is -2.22. The predicted molar refractivity (Wildman–Crippen MR) is 102 cm³/mol. The van der Waals surface area contributed by atoms with E-state index in [4.69, 9.17) is 11.6 Å². The summed E-state index contributed by atoms with van der Waals surface area (Å²) in [6, 6.07) is 8.87. The van der Waals surface area contributed by atoms with Crippen molar-refractivity contribution in [2.75, 3.05) is 0 Å². The molecule has 0 unspecified atom stereocenters. The highest BCUT2D eigenvalue weighted by atomic mass is 35.5. The van der Waals surface area contributed by atoms with Gasteiger partial charge in [-0.15, -0.1) is 0 Å². The Morgan fingerprint density at radius 1 is 1.04 bits per heavy atom. The molecule has 0 aromatic heterocycles. The average Bonchev–Trinajstić information content (AvgIpc) is 2.61. The molecule has 1 aliphatic rings. The first-order valence-corrected chi connectivity index (χ1v) is 10.4. The fraction of sp³-hybridized carbons (Fsp3) is 0.316. The molecule has 0 aliphatic heterocycles. The summed E-state index contributed by atoms with van der Waals surface area (Å²) in [6.45, 7) is 1.85. The summed E-state index contributed by atoms with van der Waals surface area (Å²) in [5, 5.41) is 4.27. The quantitative estimate of drug-likeness (QED) is 0.737. The average molecular weight is 395 g/mol. The van der Waals surface area contributed by atoms with Gasteiger partial charge in [0, 0.05) is 16.8 Å². The van der Waals surface area contributed by atoms with Gasteiger partial charge in [0.1, 0.15) is 5.82 Å². The van der Waals surface area contributed by atoms with Crippen LogP contribution >= 0.6 is 11.6 Å². The Labute approximate surface area is 158 Å². The molecule has 2 aromatic rings. The molecule has 0 bridgehead atoms. The summed E-state index contributed by atoms with van der Waals surface area (Å²) in [7, 11) is -3.87. The molecule has 0 amide bonds. The number of nitrogens with zero attached hydrogens (tertiary/aromatic N) is 1. The van der Waals surface area contributed by atoms with Crippen molar-refractivity contribution in [2.45, 2.75) is 43.9 Å². The predicted octanol–water partition coefficient (Wildman–Crippen LogP) is 5.05. The normalized spacial score (nSPS) is 15.0. The van der Waals surface area contributed by atoms with Crippen molar-refractivity contribution < 1.29 is 12.8 Å². The zero-order valence-corrected chi connectivity index (χ0v) is 16.0. The Balaban J connectivity index is 2.01. The second kappa shape index (κ2) is 7.76. The summed E-state index contributed by atoms with van der Waals surface area (Å²) in [5.74, 6) is -0.474. The van der Waals surface area contributed by atoms with E-state index in [0.29, 0.717) is 11.1 Å². The maximum atomic E-state index is 13.4. The van der Waals surface area contributed by atoms with Gasteiger partial charge in [0.15, 0.2) is 0 Å². The largest absolute Gasteiger partial charge is 0.277 e. The zero-order valence-electron chi connectivity index (χ0n) is 14.4. The minimum atomic E-state index is -3.87. The Morgan fingerprint density at radius 2 is 1.77 bits per heavy atom. The molecule has 2 aromatic carbocycles. The van der Waals surface area contributed by atoms with Crippen LogP contribution in [0.25, 0.3) is 11.1 Å². The van der Waals surface area contributed by atoms with Crippen LogP contribution in [0.2, 0.25) is 5.02 Å². The third-order valence-corrected chi connectivity index (χ3v) is 5.98. The monoisotopic (exact) mass is 394 g/mol. The molecular formula is C19H20ClFN2O2S. The second-order valence-electron chi connectivity index (χ2n) is 6.46. The molecule has 0 atom stereocenters. The highest BCUT2D eigenvalue weighted by Crippen LogP contribution is 2.34. The summed E-state index contributed by atoms with van der Waals surface area (Å²) < 4.78 is 39.0. The van der Waals surface area contributed by atoms with Crippen LogP contribution in [0.3, 0.4) is 0 Å². The van der Waals surface area contributed by atoms with E-state index in [-0.39, 0.29) is 9.92 Å². The van der Waals surface area contributed by atoms with Gasteiger partial charge in [0.05, 0.1) is 9.92 Å². The number of benzene rings is 2. The van der Waals surface area contributed by atoms with Crippen LogP contribution in [-0.4, -0.2) is 14.1 Å². The van der Waals surface area contributed by atoms with Gasteiger partial charge in [-0.1, -0.05) is 35.7 Å². The zero-order chi connectivity index (χ0) is 18.7. The second-order valence-corrected chi connectivity index (χ2v) is 8.49. The van der Waals surface area contributed by atoms with Crippen LogP contribution in [0, 0.1) is 12.7 Å². The molecule has 3 rings (SSSR count). The van der Waals surface area contributed by atoms with Crippen LogP contribution in [0.4, 0.5) is 4.39 Å². The first kappa shape index (κ1) is 18.9. The van der Waals surface area contributed by atoms with Gasteiger partial charge in [-0.2, -0.15) is 13.5 Å². The van der Waals surface area contributed by atoms with Crippen molar-refractivity contribution in [2.24, 2.45) is 5.10 Å². The minimum absolute atomic E-state index is 0.0665. The Kier molecular flexibility index (Phi) is 5.63. The number of rotatable bonds is 4. The molecule has 0 spiro atoms. The topological polar surface area (TPSA) is 58.5 Å². The van der Waals surface area contributed by atoms with Gasteiger partial charge in [-0.25, -0.2) is 9.22 Å². The first-order chi connectivity index (χ1) is 12.4. The summed E-state index contributed by atoms with van der Waals surface area (Å²) in [6.07, 6.45) is 4.83. The Bertz CT molecular complexity index is 950. The van der Waals surface area contributed by atoms with E-state index in [1.54, 1.807) is 12.1 Å². The van der Waals surface area contributed by atoms with Crippen LogP contribution in [-0.2, 0) is 10.0 Å². The molecule has 1 saturated carbocycles. The standard InChI is InChI=1S/C19H20ClFN2O2S/c1-13-7-10-19(17(11-13)16-9-8-14(21)12-18(16)20)26(24,25)23-22-15-5-3-2-4-6-15/h7-12,23H,2-6H2,1H3. The molecule has 7 heteroatoms. The maximum absolute atomic E-state index is 13.4. The number of hydrogen-bond acceptors (Lipinski definition) is 3. The van der Waals surface area contributed by atoms with Crippen LogP contribution < -0.4 is 4.83 Å². The third kappa shape index (κ3) is 4.24. The number of hydrogen-bond donors (Lipinski definition) is 1. The molecule has 4 nitrogen and oxygen atoms in total. The Morgan fingerprint density at radius 3 is 2.46 bits per heavy atom. The molecular weight excluding hydrogens is 375 g/mol. The molecule has 1 N–H and O–H groups in total. The minimum Gasteiger partial charge on any atom is -0.207 e. The molecule has 0 heterocycles. The van der Waals surface area contributed by atoms with Crippen LogP contribution in [0.1, 0.15) is 37.7 Å². The van der Waals surface area contributed by atoms with Gasteiger partial charge < -0.3 is 0 Å². The Hall–Kier alpha value is -1.92.